The molecule has 0 fully saturated rings. The Morgan fingerprint density at radius 1 is 0.950 bits per heavy atom. The summed E-state index contributed by atoms with van der Waals surface area (Å²) in [7, 11) is 0. The molecule has 0 N–H and O–H groups in total. The minimum absolute atomic E-state index is 0.564. The number of rotatable bonds is 7. The molecule has 0 saturated heterocycles. The predicted molar refractivity (Wildman–Crippen MR) is 84.4 cm³/mol. The van der Waals surface area contributed by atoms with Gasteiger partial charge < -0.3 is 4.74 Å². The van der Waals surface area contributed by atoms with E-state index < -0.39 is 0 Å². The summed E-state index contributed by atoms with van der Waals surface area (Å²) in [5.41, 5.74) is 2.15. The van der Waals surface area contributed by atoms with E-state index >= 15 is 0 Å². The normalized spacial score (nSPS) is 11.6. The van der Waals surface area contributed by atoms with Gasteiger partial charge in [-0.3, -0.25) is 4.99 Å². The van der Waals surface area contributed by atoms with Gasteiger partial charge in [-0.2, -0.15) is 0 Å². The quantitative estimate of drug-likeness (QED) is 0.550. The van der Waals surface area contributed by atoms with Crippen LogP contribution in [-0.4, -0.2) is 18.3 Å². The molecule has 0 amide bonds. The van der Waals surface area contributed by atoms with Crippen LogP contribution in [0.3, 0.4) is 0 Å². The van der Waals surface area contributed by atoms with Crippen LogP contribution in [0.4, 0.5) is 0 Å². The highest BCUT2D eigenvalue weighted by Crippen LogP contribution is 2.05. The average Bonchev–Trinajstić information content (AvgIpc) is 2.52. The van der Waals surface area contributed by atoms with Crippen LogP contribution in [0.15, 0.2) is 65.7 Å². The molecule has 0 saturated carbocycles. The van der Waals surface area contributed by atoms with Crippen molar-refractivity contribution in [3.63, 3.8) is 0 Å². The fourth-order valence-corrected chi connectivity index (χ4v) is 1.99. The van der Waals surface area contributed by atoms with Crippen molar-refractivity contribution in [2.75, 3.05) is 13.2 Å². The Labute approximate surface area is 125 Å². The highest BCUT2D eigenvalue weighted by Gasteiger charge is 1.97. The first-order chi connectivity index (χ1) is 9.86. The van der Waals surface area contributed by atoms with E-state index in [0.717, 1.165) is 12.0 Å². The first kappa shape index (κ1) is 14.8. The lowest BCUT2D eigenvalue weighted by Gasteiger charge is -2.03. The highest BCUT2D eigenvalue weighted by atomic mass is 35.5. The molecule has 2 rings (SSSR count). The van der Waals surface area contributed by atoms with Gasteiger partial charge in [-0.05, 0) is 12.0 Å². The maximum Gasteiger partial charge on any atom is 0.130 e. The van der Waals surface area contributed by atoms with E-state index in [9.17, 15) is 0 Å². The summed E-state index contributed by atoms with van der Waals surface area (Å²) >= 11 is 6.12. The summed E-state index contributed by atoms with van der Waals surface area (Å²) in [5, 5.41) is 0.564. The fourth-order valence-electron chi connectivity index (χ4n) is 1.78. The summed E-state index contributed by atoms with van der Waals surface area (Å²) in [6.07, 6.45) is 0.871. The number of aliphatic imine (C=N–C) groups is 1. The van der Waals surface area contributed by atoms with Crippen LogP contribution >= 0.6 is 11.6 Å². The lowest BCUT2D eigenvalue weighted by Crippen LogP contribution is -1.99. The first-order valence-electron chi connectivity index (χ1n) is 6.73. The van der Waals surface area contributed by atoms with E-state index in [1.54, 1.807) is 0 Å². The van der Waals surface area contributed by atoms with Crippen LogP contribution < -0.4 is 0 Å². The van der Waals surface area contributed by atoms with Crippen LogP contribution in [0.1, 0.15) is 17.5 Å². The highest BCUT2D eigenvalue weighted by molar-refractivity contribution is 6.69. The third-order valence-electron chi connectivity index (χ3n) is 2.82. The van der Waals surface area contributed by atoms with Gasteiger partial charge in [0.15, 0.2) is 0 Å². The van der Waals surface area contributed by atoms with E-state index in [0.29, 0.717) is 24.9 Å². The number of ether oxygens (including phenoxy) is 1. The molecule has 2 aromatic carbocycles. The van der Waals surface area contributed by atoms with Crippen LogP contribution in [0.2, 0.25) is 0 Å². The maximum absolute atomic E-state index is 6.12. The molecule has 0 heterocycles. The summed E-state index contributed by atoms with van der Waals surface area (Å²) in [6.45, 7) is 2.02. The molecule has 20 heavy (non-hydrogen) atoms. The van der Waals surface area contributed by atoms with Crippen LogP contribution in [0.5, 0.6) is 0 Å². The Balaban J connectivity index is 1.64. The fraction of sp³-hybridized carbons (Fsp3) is 0.235. The summed E-state index contributed by atoms with van der Waals surface area (Å²) in [6, 6.07) is 19.9. The van der Waals surface area contributed by atoms with E-state index in [1.807, 2.05) is 48.5 Å². The molecule has 0 atom stereocenters. The number of hydrogen-bond donors (Lipinski definition) is 0. The van der Waals surface area contributed by atoms with Crippen molar-refractivity contribution in [1.29, 1.82) is 0 Å². The molecule has 0 aliphatic rings. The zero-order valence-electron chi connectivity index (χ0n) is 11.3. The maximum atomic E-state index is 6.12. The molecular formula is C17H18ClNO. The monoisotopic (exact) mass is 287 g/mol. The standard InChI is InChI=1S/C17H18ClNO/c18-17(16-10-5-2-6-11-16)19-12-7-13-20-14-15-8-3-1-4-9-15/h1-6,8-11H,7,12-14H2. The van der Waals surface area contributed by atoms with E-state index in [-0.39, 0.29) is 0 Å². The van der Waals surface area contributed by atoms with E-state index in [1.165, 1.54) is 5.56 Å². The first-order valence-corrected chi connectivity index (χ1v) is 7.11. The van der Waals surface area contributed by atoms with Crippen LogP contribution in [0, 0.1) is 0 Å². The smallest absolute Gasteiger partial charge is 0.130 e. The second kappa shape index (κ2) is 8.51. The third kappa shape index (κ3) is 5.16. The van der Waals surface area contributed by atoms with Gasteiger partial charge in [0, 0.05) is 18.7 Å². The topological polar surface area (TPSA) is 21.6 Å². The SMILES string of the molecule is ClC(=NCCCOCc1ccccc1)c1ccccc1. The Kier molecular flexibility index (Phi) is 6.28. The largest absolute Gasteiger partial charge is 0.377 e. The van der Waals surface area contributed by atoms with Gasteiger partial charge in [-0.1, -0.05) is 72.3 Å². The molecule has 0 aliphatic carbocycles. The molecule has 2 nitrogen and oxygen atoms in total. The van der Waals surface area contributed by atoms with Crippen molar-refractivity contribution in [2.24, 2.45) is 4.99 Å². The predicted octanol–water partition coefficient (Wildman–Crippen LogP) is 4.28. The molecule has 0 bridgehead atoms. The van der Waals surface area contributed by atoms with Crippen molar-refractivity contribution in [1.82, 2.24) is 0 Å². The van der Waals surface area contributed by atoms with Gasteiger partial charge in [-0.15, -0.1) is 0 Å². The average molecular weight is 288 g/mol. The zero-order valence-corrected chi connectivity index (χ0v) is 12.1. The van der Waals surface area contributed by atoms with Gasteiger partial charge >= 0.3 is 0 Å². The van der Waals surface area contributed by atoms with E-state index in [4.69, 9.17) is 16.3 Å². The summed E-state index contributed by atoms with van der Waals surface area (Å²) in [5.74, 6) is 0. The second-order valence-electron chi connectivity index (χ2n) is 4.43. The molecule has 0 unspecified atom stereocenters. The molecule has 104 valence electrons. The van der Waals surface area contributed by atoms with Gasteiger partial charge in [0.2, 0.25) is 0 Å². The van der Waals surface area contributed by atoms with Gasteiger partial charge in [-0.25, -0.2) is 0 Å². The van der Waals surface area contributed by atoms with Gasteiger partial charge in [0.25, 0.3) is 0 Å². The molecule has 2 aromatic rings. The van der Waals surface area contributed by atoms with Crippen LogP contribution in [0.25, 0.3) is 0 Å². The van der Waals surface area contributed by atoms with Crippen molar-refractivity contribution < 1.29 is 4.74 Å². The number of nitrogens with zero attached hydrogens (tertiary/aromatic N) is 1. The van der Waals surface area contributed by atoms with Crippen LogP contribution in [-0.2, 0) is 11.3 Å². The third-order valence-corrected chi connectivity index (χ3v) is 3.16. The number of hydrogen-bond acceptors (Lipinski definition) is 2. The molecule has 0 aliphatic heterocycles. The Morgan fingerprint density at radius 2 is 1.60 bits per heavy atom. The molecule has 0 aromatic heterocycles. The molecular weight excluding hydrogens is 270 g/mol. The Morgan fingerprint density at radius 3 is 2.30 bits per heavy atom. The Hall–Kier alpha value is -1.64. The lowest BCUT2D eigenvalue weighted by atomic mass is 10.2. The minimum Gasteiger partial charge on any atom is -0.377 e. The molecule has 0 spiro atoms. The van der Waals surface area contributed by atoms with Crippen molar-refractivity contribution in [3.8, 4) is 0 Å². The number of halogens is 1. The van der Waals surface area contributed by atoms with Gasteiger partial charge in [0.05, 0.1) is 6.61 Å². The zero-order chi connectivity index (χ0) is 14.0. The van der Waals surface area contributed by atoms with Crippen molar-refractivity contribution in [2.45, 2.75) is 13.0 Å². The van der Waals surface area contributed by atoms with E-state index in [2.05, 4.69) is 17.1 Å². The lowest BCUT2D eigenvalue weighted by molar-refractivity contribution is 0.120. The Bertz CT molecular complexity index is 525. The van der Waals surface area contributed by atoms with Crippen molar-refractivity contribution >= 4 is 16.8 Å². The minimum atomic E-state index is 0.564. The van der Waals surface area contributed by atoms with Crippen molar-refractivity contribution in [3.05, 3.63) is 71.8 Å². The molecule has 0 radical (unpaired) electrons. The second-order valence-corrected chi connectivity index (χ2v) is 4.79. The van der Waals surface area contributed by atoms with Gasteiger partial charge in [0.1, 0.15) is 5.17 Å². The molecule has 3 heteroatoms. The summed E-state index contributed by atoms with van der Waals surface area (Å²) in [4.78, 5) is 4.34. The summed E-state index contributed by atoms with van der Waals surface area (Å²) < 4.78 is 5.59. The number of benzene rings is 2.